The molecule has 1 fully saturated rings. The minimum atomic E-state index is -0.355. The number of amides is 1. The number of halogens is 1. The van der Waals surface area contributed by atoms with Crippen LogP contribution in [0, 0.1) is 12.7 Å². The van der Waals surface area contributed by atoms with Gasteiger partial charge in [0.15, 0.2) is 0 Å². The maximum absolute atomic E-state index is 12.9. The standard InChI is InChI=1S/C19H24FN5O/c1-14-23-17(13-18(24-14)25-11-3-2-4-12-25)21-9-10-22-19(26)15-5-7-16(20)8-6-15/h5-8,13H,2-4,9-12H2,1H3,(H,22,26)(H,21,23,24). The van der Waals surface area contributed by atoms with Crippen LogP contribution in [0.2, 0.25) is 0 Å². The van der Waals surface area contributed by atoms with Gasteiger partial charge in [-0.05, 0) is 50.5 Å². The van der Waals surface area contributed by atoms with Crippen molar-refractivity contribution in [2.24, 2.45) is 0 Å². The summed E-state index contributed by atoms with van der Waals surface area (Å²) in [6.07, 6.45) is 3.67. The van der Waals surface area contributed by atoms with Gasteiger partial charge in [-0.3, -0.25) is 4.79 Å². The van der Waals surface area contributed by atoms with Crippen molar-refractivity contribution in [3.63, 3.8) is 0 Å². The predicted molar refractivity (Wildman–Crippen MR) is 100 cm³/mol. The van der Waals surface area contributed by atoms with Gasteiger partial charge in [0.05, 0.1) is 0 Å². The molecule has 26 heavy (non-hydrogen) atoms. The summed E-state index contributed by atoms with van der Waals surface area (Å²) >= 11 is 0. The lowest BCUT2D eigenvalue weighted by Crippen LogP contribution is -2.31. The fraction of sp³-hybridized carbons (Fsp3) is 0.421. The van der Waals surface area contributed by atoms with Gasteiger partial charge in [0, 0.05) is 37.8 Å². The summed E-state index contributed by atoms with van der Waals surface area (Å²) in [5.41, 5.74) is 0.441. The summed E-state index contributed by atoms with van der Waals surface area (Å²) in [6.45, 7) is 4.93. The van der Waals surface area contributed by atoms with E-state index in [2.05, 4.69) is 25.5 Å². The van der Waals surface area contributed by atoms with Crippen LogP contribution < -0.4 is 15.5 Å². The zero-order valence-corrected chi connectivity index (χ0v) is 15.0. The average Bonchev–Trinajstić information content (AvgIpc) is 2.66. The van der Waals surface area contributed by atoms with E-state index < -0.39 is 0 Å². The number of aryl methyl sites for hydroxylation is 1. The highest BCUT2D eigenvalue weighted by atomic mass is 19.1. The molecule has 1 aromatic heterocycles. The Labute approximate surface area is 152 Å². The van der Waals surface area contributed by atoms with Crippen molar-refractivity contribution in [2.45, 2.75) is 26.2 Å². The van der Waals surface area contributed by atoms with Gasteiger partial charge in [0.25, 0.3) is 5.91 Å². The molecule has 1 amide bonds. The van der Waals surface area contributed by atoms with Gasteiger partial charge in [0.1, 0.15) is 23.3 Å². The average molecular weight is 357 g/mol. The smallest absolute Gasteiger partial charge is 0.251 e. The Morgan fingerprint density at radius 1 is 1.12 bits per heavy atom. The number of piperidine rings is 1. The summed E-state index contributed by atoms with van der Waals surface area (Å²) in [5.74, 6) is 1.86. The molecule has 0 spiro atoms. The van der Waals surface area contributed by atoms with Crippen LogP contribution in [-0.2, 0) is 0 Å². The molecule has 2 N–H and O–H groups in total. The Hall–Kier alpha value is -2.70. The number of benzene rings is 1. The summed E-state index contributed by atoms with van der Waals surface area (Å²) in [5, 5.41) is 6.03. The first kappa shape index (κ1) is 18.1. The molecule has 0 radical (unpaired) electrons. The summed E-state index contributed by atoms with van der Waals surface area (Å²) in [4.78, 5) is 23.2. The van der Waals surface area contributed by atoms with Crippen LogP contribution in [0.1, 0.15) is 35.4 Å². The Morgan fingerprint density at radius 2 is 1.85 bits per heavy atom. The molecule has 0 saturated carbocycles. The van der Waals surface area contributed by atoms with Crippen molar-refractivity contribution in [1.82, 2.24) is 15.3 Å². The van der Waals surface area contributed by atoms with Crippen molar-refractivity contribution in [3.8, 4) is 0 Å². The van der Waals surface area contributed by atoms with E-state index in [9.17, 15) is 9.18 Å². The largest absolute Gasteiger partial charge is 0.368 e. The van der Waals surface area contributed by atoms with Gasteiger partial charge in [0.2, 0.25) is 0 Å². The molecule has 0 bridgehead atoms. The number of nitrogens with zero attached hydrogens (tertiary/aromatic N) is 3. The number of rotatable bonds is 6. The van der Waals surface area contributed by atoms with E-state index in [0.29, 0.717) is 18.7 Å². The van der Waals surface area contributed by atoms with Gasteiger partial charge in [-0.1, -0.05) is 0 Å². The lowest BCUT2D eigenvalue weighted by Gasteiger charge is -2.28. The molecule has 2 heterocycles. The number of nitrogens with one attached hydrogen (secondary N) is 2. The Kier molecular flexibility index (Phi) is 5.99. The highest BCUT2D eigenvalue weighted by Gasteiger charge is 2.13. The Bertz CT molecular complexity index is 744. The van der Waals surface area contributed by atoms with Crippen LogP contribution in [-0.4, -0.2) is 42.1 Å². The zero-order valence-electron chi connectivity index (χ0n) is 15.0. The first-order valence-corrected chi connectivity index (χ1v) is 9.00. The van der Waals surface area contributed by atoms with Gasteiger partial charge < -0.3 is 15.5 Å². The second kappa shape index (κ2) is 8.60. The minimum Gasteiger partial charge on any atom is -0.368 e. The van der Waals surface area contributed by atoms with E-state index in [-0.39, 0.29) is 11.7 Å². The second-order valence-corrected chi connectivity index (χ2v) is 6.40. The first-order chi connectivity index (χ1) is 12.6. The lowest BCUT2D eigenvalue weighted by atomic mass is 10.1. The van der Waals surface area contributed by atoms with Crippen LogP contribution in [0.4, 0.5) is 16.0 Å². The molecule has 1 aliphatic rings. The predicted octanol–water partition coefficient (Wildman–Crippen LogP) is 2.76. The van der Waals surface area contributed by atoms with Crippen molar-refractivity contribution in [2.75, 3.05) is 36.4 Å². The van der Waals surface area contributed by atoms with Gasteiger partial charge in [-0.2, -0.15) is 0 Å². The number of aromatic nitrogens is 2. The normalized spacial score (nSPS) is 14.2. The highest BCUT2D eigenvalue weighted by molar-refractivity contribution is 5.94. The molecule has 7 heteroatoms. The molecule has 2 aromatic rings. The van der Waals surface area contributed by atoms with Crippen molar-refractivity contribution in [1.29, 1.82) is 0 Å². The van der Waals surface area contributed by atoms with E-state index >= 15 is 0 Å². The zero-order chi connectivity index (χ0) is 18.4. The van der Waals surface area contributed by atoms with E-state index in [1.165, 1.54) is 43.5 Å². The fourth-order valence-corrected chi connectivity index (χ4v) is 3.00. The number of carbonyl (C=O) groups excluding carboxylic acids is 1. The molecular weight excluding hydrogens is 333 g/mol. The molecular formula is C19H24FN5O. The van der Waals surface area contributed by atoms with Crippen LogP contribution in [0.3, 0.4) is 0 Å². The highest BCUT2D eigenvalue weighted by Crippen LogP contribution is 2.20. The van der Waals surface area contributed by atoms with E-state index in [1.807, 2.05) is 13.0 Å². The van der Waals surface area contributed by atoms with Crippen molar-refractivity contribution in [3.05, 3.63) is 47.5 Å². The molecule has 3 rings (SSSR count). The monoisotopic (exact) mass is 357 g/mol. The van der Waals surface area contributed by atoms with Crippen molar-refractivity contribution < 1.29 is 9.18 Å². The molecule has 1 saturated heterocycles. The fourth-order valence-electron chi connectivity index (χ4n) is 3.00. The van der Waals surface area contributed by atoms with E-state index in [4.69, 9.17) is 0 Å². The molecule has 0 unspecified atom stereocenters. The Balaban J connectivity index is 1.50. The molecule has 6 nitrogen and oxygen atoms in total. The number of hydrogen-bond donors (Lipinski definition) is 2. The number of anilines is 2. The van der Waals surface area contributed by atoms with Crippen molar-refractivity contribution >= 4 is 17.5 Å². The first-order valence-electron chi connectivity index (χ1n) is 9.00. The molecule has 1 aliphatic heterocycles. The maximum atomic E-state index is 12.9. The molecule has 0 aliphatic carbocycles. The van der Waals surface area contributed by atoms with Gasteiger partial charge >= 0.3 is 0 Å². The topological polar surface area (TPSA) is 70.2 Å². The number of carbonyl (C=O) groups is 1. The molecule has 138 valence electrons. The third kappa shape index (κ3) is 4.91. The van der Waals surface area contributed by atoms with Crippen LogP contribution in [0.5, 0.6) is 0 Å². The number of hydrogen-bond acceptors (Lipinski definition) is 5. The van der Waals surface area contributed by atoms with Crippen LogP contribution in [0.25, 0.3) is 0 Å². The third-order valence-corrected chi connectivity index (χ3v) is 4.33. The van der Waals surface area contributed by atoms with E-state index in [0.717, 1.165) is 30.5 Å². The third-order valence-electron chi connectivity index (χ3n) is 4.33. The summed E-state index contributed by atoms with van der Waals surface area (Å²) < 4.78 is 12.9. The summed E-state index contributed by atoms with van der Waals surface area (Å²) in [7, 11) is 0. The molecule has 1 aromatic carbocycles. The van der Waals surface area contributed by atoms with Gasteiger partial charge in [-0.25, -0.2) is 14.4 Å². The van der Waals surface area contributed by atoms with Crippen LogP contribution in [0.15, 0.2) is 30.3 Å². The van der Waals surface area contributed by atoms with E-state index in [1.54, 1.807) is 0 Å². The Morgan fingerprint density at radius 3 is 2.58 bits per heavy atom. The SMILES string of the molecule is Cc1nc(NCCNC(=O)c2ccc(F)cc2)cc(N2CCCCC2)n1. The second-order valence-electron chi connectivity index (χ2n) is 6.40. The van der Waals surface area contributed by atoms with Gasteiger partial charge in [-0.15, -0.1) is 0 Å². The quantitative estimate of drug-likeness (QED) is 0.778. The minimum absolute atomic E-state index is 0.223. The molecule has 0 atom stereocenters. The summed E-state index contributed by atoms with van der Waals surface area (Å²) in [6, 6.07) is 7.45. The maximum Gasteiger partial charge on any atom is 0.251 e. The lowest BCUT2D eigenvalue weighted by molar-refractivity contribution is 0.0955. The van der Waals surface area contributed by atoms with Crippen LogP contribution >= 0.6 is 0 Å².